The molecule has 0 amide bonds. The maximum Gasteiger partial charge on any atom is 0.0991 e. The predicted molar refractivity (Wildman–Crippen MR) is 76.4 cm³/mol. The summed E-state index contributed by atoms with van der Waals surface area (Å²) in [6.45, 7) is 7.71. The highest BCUT2D eigenvalue weighted by Gasteiger charge is 2.29. The van der Waals surface area contributed by atoms with Gasteiger partial charge in [-0.3, -0.25) is 4.90 Å². The van der Waals surface area contributed by atoms with Crippen LogP contribution >= 0.6 is 34.5 Å². The predicted octanol–water partition coefficient (Wildman–Crippen LogP) is 3.80. The summed E-state index contributed by atoms with van der Waals surface area (Å²) in [6.07, 6.45) is 1.16. The number of halogens is 2. The molecule has 2 heterocycles. The Hall–Kier alpha value is 0.200. The van der Waals surface area contributed by atoms with Crippen molar-refractivity contribution in [2.45, 2.75) is 32.4 Å². The third kappa shape index (κ3) is 2.96. The molecule has 17 heavy (non-hydrogen) atoms. The summed E-state index contributed by atoms with van der Waals surface area (Å²) in [5.41, 5.74) is 1.17. The molecule has 1 atom stereocenters. The van der Waals surface area contributed by atoms with Crippen LogP contribution in [0.1, 0.15) is 31.9 Å². The molecule has 1 aromatic rings. The normalized spacial score (nSPS) is 18.4. The lowest BCUT2D eigenvalue weighted by Gasteiger charge is -2.41. The fourth-order valence-electron chi connectivity index (χ4n) is 2.28. The summed E-state index contributed by atoms with van der Waals surface area (Å²) in [6, 6.07) is 2.99. The number of thiophene rings is 1. The Morgan fingerprint density at radius 1 is 1.53 bits per heavy atom. The number of rotatable bonds is 5. The molecule has 0 aromatic carbocycles. The van der Waals surface area contributed by atoms with Crippen LogP contribution in [0.2, 0.25) is 8.67 Å². The summed E-state index contributed by atoms with van der Waals surface area (Å²) in [7, 11) is 0. The van der Waals surface area contributed by atoms with Gasteiger partial charge in [-0.1, -0.05) is 30.1 Å². The average molecular weight is 293 g/mol. The second kappa shape index (κ2) is 5.89. The Kier molecular flexibility index (Phi) is 4.72. The average Bonchev–Trinajstić information content (AvgIpc) is 2.53. The first-order valence-electron chi connectivity index (χ1n) is 6.04. The number of hydrogen-bond donors (Lipinski definition) is 1. The minimum Gasteiger partial charge on any atom is -0.314 e. The van der Waals surface area contributed by atoms with E-state index in [-0.39, 0.29) is 0 Å². The molecule has 5 heteroatoms. The third-order valence-corrected chi connectivity index (χ3v) is 4.86. The number of nitrogens with zero attached hydrogens (tertiary/aromatic N) is 1. The Balaban J connectivity index is 2.14. The molecule has 1 saturated heterocycles. The molecule has 0 saturated carbocycles. The van der Waals surface area contributed by atoms with Crippen molar-refractivity contribution in [2.75, 3.05) is 19.6 Å². The van der Waals surface area contributed by atoms with E-state index in [9.17, 15) is 0 Å². The van der Waals surface area contributed by atoms with E-state index < -0.39 is 0 Å². The molecule has 96 valence electrons. The molecule has 1 fully saturated rings. The Labute approximate surface area is 117 Å². The van der Waals surface area contributed by atoms with E-state index in [0.717, 1.165) is 34.7 Å². The maximum absolute atomic E-state index is 6.24. The first-order chi connectivity index (χ1) is 8.13. The lowest BCUT2D eigenvalue weighted by molar-refractivity contribution is 0.103. The molecular weight excluding hydrogens is 275 g/mol. The SMILES string of the molecule is CCCN(C1CNC1)C(C)c1cc(Cl)sc1Cl. The van der Waals surface area contributed by atoms with Crippen LogP contribution in [0.25, 0.3) is 0 Å². The van der Waals surface area contributed by atoms with Crippen LogP contribution in [0.5, 0.6) is 0 Å². The molecule has 1 N–H and O–H groups in total. The molecule has 2 nitrogen and oxygen atoms in total. The van der Waals surface area contributed by atoms with Gasteiger partial charge in [0.25, 0.3) is 0 Å². The van der Waals surface area contributed by atoms with E-state index in [0.29, 0.717) is 12.1 Å². The van der Waals surface area contributed by atoms with Crippen molar-refractivity contribution in [3.63, 3.8) is 0 Å². The van der Waals surface area contributed by atoms with E-state index in [2.05, 4.69) is 24.1 Å². The highest BCUT2D eigenvalue weighted by Crippen LogP contribution is 2.37. The van der Waals surface area contributed by atoms with Crippen molar-refractivity contribution in [3.8, 4) is 0 Å². The Morgan fingerprint density at radius 3 is 2.65 bits per heavy atom. The van der Waals surface area contributed by atoms with Gasteiger partial charge < -0.3 is 5.32 Å². The van der Waals surface area contributed by atoms with Crippen LogP contribution in [-0.2, 0) is 0 Å². The molecule has 1 aliphatic heterocycles. The van der Waals surface area contributed by atoms with Gasteiger partial charge in [0.1, 0.15) is 0 Å². The van der Waals surface area contributed by atoms with Crippen molar-refractivity contribution in [3.05, 3.63) is 20.3 Å². The second-order valence-corrected chi connectivity index (χ2v) is 6.79. The summed E-state index contributed by atoms with van der Waals surface area (Å²) < 4.78 is 1.61. The second-order valence-electron chi connectivity index (χ2n) is 4.51. The summed E-state index contributed by atoms with van der Waals surface area (Å²) in [5.74, 6) is 0. The van der Waals surface area contributed by atoms with Crippen LogP contribution in [0.3, 0.4) is 0 Å². The maximum atomic E-state index is 6.24. The quantitative estimate of drug-likeness (QED) is 0.888. The lowest BCUT2D eigenvalue weighted by atomic mass is 10.0. The van der Waals surface area contributed by atoms with Crippen molar-refractivity contribution in [1.29, 1.82) is 0 Å². The van der Waals surface area contributed by atoms with Gasteiger partial charge in [-0.25, -0.2) is 0 Å². The van der Waals surface area contributed by atoms with Crippen LogP contribution in [0.15, 0.2) is 6.07 Å². The highest BCUT2D eigenvalue weighted by atomic mass is 35.5. The van der Waals surface area contributed by atoms with Crippen molar-refractivity contribution >= 4 is 34.5 Å². The molecule has 1 unspecified atom stereocenters. The van der Waals surface area contributed by atoms with Crippen LogP contribution in [0, 0.1) is 0 Å². The van der Waals surface area contributed by atoms with Gasteiger partial charge in [-0.05, 0) is 26.0 Å². The molecule has 1 aromatic heterocycles. The van der Waals surface area contributed by atoms with Crippen molar-refractivity contribution in [1.82, 2.24) is 10.2 Å². The molecule has 1 aliphatic rings. The zero-order valence-electron chi connectivity index (χ0n) is 10.2. The van der Waals surface area contributed by atoms with Gasteiger partial charge in [0, 0.05) is 30.7 Å². The summed E-state index contributed by atoms with van der Waals surface area (Å²) in [4.78, 5) is 2.53. The largest absolute Gasteiger partial charge is 0.314 e. The van der Waals surface area contributed by atoms with Gasteiger partial charge in [-0.2, -0.15) is 0 Å². The molecule has 2 rings (SSSR count). The zero-order valence-corrected chi connectivity index (χ0v) is 12.5. The Bertz CT molecular complexity index is 377. The van der Waals surface area contributed by atoms with E-state index in [1.54, 1.807) is 0 Å². The summed E-state index contributed by atoms with van der Waals surface area (Å²) in [5, 5.41) is 3.33. The van der Waals surface area contributed by atoms with Crippen LogP contribution in [-0.4, -0.2) is 30.6 Å². The van der Waals surface area contributed by atoms with Gasteiger partial charge in [0.2, 0.25) is 0 Å². The molecule has 0 spiro atoms. The molecule has 0 bridgehead atoms. The monoisotopic (exact) mass is 292 g/mol. The number of hydrogen-bond acceptors (Lipinski definition) is 3. The van der Waals surface area contributed by atoms with E-state index >= 15 is 0 Å². The standard InChI is InChI=1S/C12H18Cl2N2S/c1-3-4-16(9-6-15-7-9)8(2)10-5-11(13)17-12(10)14/h5,8-9,15H,3-4,6-7H2,1-2H3. The first-order valence-corrected chi connectivity index (χ1v) is 7.62. The van der Waals surface area contributed by atoms with Crippen LogP contribution < -0.4 is 5.32 Å². The smallest absolute Gasteiger partial charge is 0.0991 e. The van der Waals surface area contributed by atoms with Gasteiger partial charge in [-0.15, -0.1) is 11.3 Å². The van der Waals surface area contributed by atoms with Gasteiger partial charge in [0.05, 0.1) is 8.67 Å². The zero-order chi connectivity index (χ0) is 12.4. The highest BCUT2D eigenvalue weighted by molar-refractivity contribution is 7.20. The minimum absolute atomic E-state index is 0.346. The van der Waals surface area contributed by atoms with Gasteiger partial charge >= 0.3 is 0 Å². The number of nitrogens with one attached hydrogen (secondary N) is 1. The molecule has 0 aliphatic carbocycles. The van der Waals surface area contributed by atoms with E-state index in [1.807, 2.05) is 6.07 Å². The third-order valence-electron chi connectivity index (χ3n) is 3.34. The minimum atomic E-state index is 0.346. The van der Waals surface area contributed by atoms with Gasteiger partial charge in [0.15, 0.2) is 0 Å². The van der Waals surface area contributed by atoms with Crippen molar-refractivity contribution in [2.24, 2.45) is 0 Å². The first kappa shape index (κ1) is 13.6. The topological polar surface area (TPSA) is 15.3 Å². The fourth-order valence-corrected chi connectivity index (χ4v) is 3.91. The van der Waals surface area contributed by atoms with E-state index in [4.69, 9.17) is 23.2 Å². The fraction of sp³-hybridized carbons (Fsp3) is 0.667. The van der Waals surface area contributed by atoms with Crippen LogP contribution in [0.4, 0.5) is 0 Å². The lowest BCUT2D eigenvalue weighted by Crippen LogP contribution is -2.57. The molecule has 0 radical (unpaired) electrons. The molecular formula is C12H18Cl2N2S. The van der Waals surface area contributed by atoms with Crippen molar-refractivity contribution < 1.29 is 0 Å². The summed E-state index contributed by atoms with van der Waals surface area (Å²) >= 11 is 13.7. The van der Waals surface area contributed by atoms with E-state index in [1.165, 1.54) is 16.9 Å². The Morgan fingerprint density at radius 2 is 2.24 bits per heavy atom.